The van der Waals surface area contributed by atoms with E-state index in [2.05, 4.69) is 80.8 Å². The number of ether oxygens (including phenoxy) is 1. The van der Waals surface area contributed by atoms with Gasteiger partial charge >= 0.3 is 5.97 Å². The number of hydrogen-bond acceptors (Lipinski definition) is 5. The molecule has 3 N–H and O–H groups in total. The highest BCUT2D eigenvalue weighted by Gasteiger charge is 2.24. The monoisotopic (exact) mass is 854 g/mol. The van der Waals surface area contributed by atoms with Gasteiger partial charge in [0.25, 0.3) is 0 Å². The molecule has 0 fully saturated rings. The molecule has 354 valence electrons. The summed E-state index contributed by atoms with van der Waals surface area (Å²) in [7, 11) is 0. The molecule has 6 nitrogen and oxygen atoms in total. The number of aliphatic hydroxyl groups excluding tert-OH is 2. The van der Waals surface area contributed by atoms with Gasteiger partial charge in [-0.3, -0.25) is 9.59 Å². The number of unbranched alkanes of at least 4 members (excludes halogenated alkanes) is 26. The molecule has 0 heterocycles. The summed E-state index contributed by atoms with van der Waals surface area (Å²) >= 11 is 0. The summed E-state index contributed by atoms with van der Waals surface area (Å²) in [5.41, 5.74) is 0. The van der Waals surface area contributed by atoms with E-state index in [1.54, 1.807) is 0 Å². The van der Waals surface area contributed by atoms with Gasteiger partial charge in [-0.2, -0.15) is 0 Å². The number of amides is 1. The standard InChI is InChI=1S/C55H99NO5/c1-4-7-10-13-16-19-22-25-26-27-30-32-35-38-41-44-47-53(58)52(50-57)56-54(59)49-51(46-43-40-37-34-31-28-23-20-17-14-11-8-5-2)61-55(60)48-45-42-39-36-33-29-24-21-18-15-12-9-6-3/h8,11,14,17,20,23,29,33,39,42,51-53,57-58H,4-7,9-10,12-13,15-16,18-19,21-22,24-28,30-32,34-38,40-41,43-50H2,1-3H3,(H,56,59)/b11-8+,17-14+,23-20+,33-29-,42-39+. The molecule has 0 aliphatic rings. The largest absolute Gasteiger partial charge is 0.462 e. The second-order valence-corrected chi connectivity index (χ2v) is 17.6. The van der Waals surface area contributed by atoms with Crippen LogP contribution in [0.5, 0.6) is 0 Å². The van der Waals surface area contributed by atoms with E-state index < -0.39 is 18.2 Å². The van der Waals surface area contributed by atoms with Gasteiger partial charge in [0, 0.05) is 6.42 Å². The molecule has 0 bridgehead atoms. The zero-order valence-electron chi connectivity index (χ0n) is 40.3. The van der Waals surface area contributed by atoms with E-state index in [1.165, 1.54) is 122 Å². The van der Waals surface area contributed by atoms with E-state index in [4.69, 9.17) is 4.74 Å². The summed E-state index contributed by atoms with van der Waals surface area (Å²) in [6.07, 6.45) is 60.1. The fraction of sp³-hybridized carbons (Fsp3) is 0.782. The third-order valence-corrected chi connectivity index (χ3v) is 11.7. The molecule has 0 aliphatic carbocycles. The Hall–Kier alpha value is -2.44. The summed E-state index contributed by atoms with van der Waals surface area (Å²) in [6, 6.07) is -0.720. The third kappa shape index (κ3) is 44.0. The van der Waals surface area contributed by atoms with Crippen LogP contribution in [0.1, 0.15) is 252 Å². The van der Waals surface area contributed by atoms with Crippen molar-refractivity contribution in [1.29, 1.82) is 0 Å². The van der Waals surface area contributed by atoms with Gasteiger partial charge in [0.1, 0.15) is 6.10 Å². The number of carbonyl (C=O) groups is 2. The van der Waals surface area contributed by atoms with Crippen molar-refractivity contribution in [2.24, 2.45) is 0 Å². The molecule has 6 heteroatoms. The Kier molecular flexibility index (Phi) is 46.6. The molecular formula is C55H99NO5. The van der Waals surface area contributed by atoms with Crippen molar-refractivity contribution in [2.75, 3.05) is 6.61 Å². The lowest BCUT2D eigenvalue weighted by atomic mass is 10.0. The van der Waals surface area contributed by atoms with Gasteiger partial charge < -0.3 is 20.3 Å². The van der Waals surface area contributed by atoms with E-state index in [0.717, 1.165) is 77.0 Å². The van der Waals surface area contributed by atoms with Crippen LogP contribution in [-0.2, 0) is 14.3 Å². The van der Waals surface area contributed by atoms with Crippen molar-refractivity contribution < 1.29 is 24.5 Å². The van der Waals surface area contributed by atoms with Gasteiger partial charge in [0.15, 0.2) is 0 Å². The van der Waals surface area contributed by atoms with Gasteiger partial charge in [-0.1, -0.05) is 236 Å². The van der Waals surface area contributed by atoms with Gasteiger partial charge in [-0.25, -0.2) is 0 Å². The molecule has 61 heavy (non-hydrogen) atoms. The molecular weight excluding hydrogens is 755 g/mol. The highest BCUT2D eigenvalue weighted by Crippen LogP contribution is 2.17. The molecule has 0 saturated heterocycles. The van der Waals surface area contributed by atoms with Gasteiger partial charge in [0.2, 0.25) is 5.91 Å². The Morgan fingerprint density at radius 3 is 1.46 bits per heavy atom. The Morgan fingerprint density at radius 2 is 0.951 bits per heavy atom. The number of nitrogens with one attached hydrogen (secondary N) is 1. The van der Waals surface area contributed by atoms with E-state index in [9.17, 15) is 19.8 Å². The van der Waals surface area contributed by atoms with Crippen LogP contribution in [0.4, 0.5) is 0 Å². The average Bonchev–Trinajstić information content (AvgIpc) is 3.25. The van der Waals surface area contributed by atoms with Crippen LogP contribution >= 0.6 is 0 Å². The minimum Gasteiger partial charge on any atom is -0.462 e. The van der Waals surface area contributed by atoms with Crippen LogP contribution in [0.25, 0.3) is 0 Å². The van der Waals surface area contributed by atoms with Crippen LogP contribution in [0.2, 0.25) is 0 Å². The Balaban J connectivity index is 4.61. The Bertz CT molecular complexity index is 1090. The van der Waals surface area contributed by atoms with Crippen molar-refractivity contribution >= 4 is 11.9 Å². The number of aliphatic hydroxyl groups is 2. The van der Waals surface area contributed by atoms with Crippen LogP contribution < -0.4 is 5.32 Å². The van der Waals surface area contributed by atoms with Crippen LogP contribution in [0.3, 0.4) is 0 Å². The Morgan fingerprint density at radius 1 is 0.508 bits per heavy atom. The molecule has 0 aliphatic heterocycles. The van der Waals surface area contributed by atoms with Crippen molar-refractivity contribution in [3.05, 3.63) is 60.8 Å². The van der Waals surface area contributed by atoms with Gasteiger partial charge in [-0.15, -0.1) is 0 Å². The van der Waals surface area contributed by atoms with Gasteiger partial charge in [0.05, 0.1) is 25.2 Å². The number of allylic oxidation sites excluding steroid dienone is 10. The smallest absolute Gasteiger partial charge is 0.306 e. The number of carbonyl (C=O) groups excluding carboxylic acids is 2. The minimum absolute atomic E-state index is 0.0407. The maximum absolute atomic E-state index is 13.2. The highest BCUT2D eigenvalue weighted by molar-refractivity contribution is 5.77. The van der Waals surface area contributed by atoms with Crippen molar-refractivity contribution in [1.82, 2.24) is 5.32 Å². The molecule has 0 saturated carbocycles. The minimum atomic E-state index is -0.803. The lowest BCUT2D eigenvalue weighted by Gasteiger charge is -2.24. The summed E-state index contributed by atoms with van der Waals surface area (Å²) in [5.74, 6) is -0.573. The number of esters is 1. The maximum Gasteiger partial charge on any atom is 0.306 e. The number of hydrogen-bond donors (Lipinski definition) is 3. The van der Waals surface area contributed by atoms with E-state index >= 15 is 0 Å². The second-order valence-electron chi connectivity index (χ2n) is 17.6. The first-order valence-corrected chi connectivity index (χ1v) is 26.0. The number of rotatable bonds is 46. The predicted octanol–water partition coefficient (Wildman–Crippen LogP) is 15.6. The zero-order chi connectivity index (χ0) is 44.5. The van der Waals surface area contributed by atoms with Crippen LogP contribution in [-0.4, -0.2) is 46.9 Å². The van der Waals surface area contributed by atoms with E-state index in [0.29, 0.717) is 19.3 Å². The third-order valence-electron chi connectivity index (χ3n) is 11.7. The molecule has 3 unspecified atom stereocenters. The summed E-state index contributed by atoms with van der Waals surface area (Å²) in [6.45, 7) is 6.33. The quantitative estimate of drug-likeness (QED) is 0.0245. The highest BCUT2D eigenvalue weighted by atomic mass is 16.5. The van der Waals surface area contributed by atoms with E-state index in [1.807, 2.05) is 6.08 Å². The van der Waals surface area contributed by atoms with Crippen LogP contribution in [0.15, 0.2) is 60.8 Å². The topological polar surface area (TPSA) is 95.9 Å². The lowest BCUT2D eigenvalue weighted by Crippen LogP contribution is -2.46. The summed E-state index contributed by atoms with van der Waals surface area (Å²) in [5, 5.41) is 23.8. The van der Waals surface area contributed by atoms with Crippen molar-refractivity contribution in [2.45, 2.75) is 270 Å². The SMILES string of the molecule is CC/C=C/C=C/C=C/CCCCCCCC(CC(=O)NC(CO)C(O)CCCCCCCCCCCCCCCCCC)OC(=O)CC/C=C/C/C=C\CCCCCCCC. The first-order valence-electron chi connectivity index (χ1n) is 26.0. The first kappa shape index (κ1) is 58.6. The predicted molar refractivity (Wildman–Crippen MR) is 264 cm³/mol. The lowest BCUT2D eigenvalue weighted by molar-refractivity contribution is -0.150. The normalized spacial score (nSPS) is 13.7. The molecule has 1 amide bonds. The average molecular weight is 854 g/mol. The maximum atomic E-state index is 13.2. The molecule has 0 aromatic rings. The van der Waals surface area contributed by atoms with Crippen molar-refractivity contribution in [3.63, 3.8) is 0 Å². The summed E-state index contributed by atoms with van der Waals surface area (Å²) in [4.78, 5) is 26.1. The van der Waals surface area contributed by atoms with Gasteiger partial charge in [-0.05, 0) is 64.2 Å². The molecule has 0 spiro atoms. The summed E-state index contributed by atoms with van der Waals surface area (Å²) < 4.78 is 5.88. The first-order chi connectivity index (χ1) is 30.0. The molecule has 0 aromatic heterocycles. The fourth-order valence-electron chi connectivity index (χ4n) is 7.72. The fourth-order valence-corrected chi connectivity index (χ4v) is 7.72. The van der Waals surface area contributed by atoms with E-state index in [-0.39, 0.29) is 31.3 Å². The van der Waals surface area contributed by atoms with Crippen LogP contribution in [0, 0.1) is 0 Å². The molecule has 0 aromatic carbocycles. The zero-order valence-corrected chi connectivity index (χ0v) is 40.3. The second kappa shape index (κ2) is 48.6. The molecule has 0 radical (unpaired) electrons. The Labute approximate surface area is 378 Å². The molecule has 0 rings (SSSR count). The molecule has 3 atom stereocenters. The van der Waals surface area contributed by atoms with Crippen molar-refractivity contribution in [3.8, 4) is 0 Å².